The van der Waals surface area contributed by atoms with E-state index in [1.165, 1.54) is 11.8 Å². The number of fused-ring (bicyclic) bond motifs is 1. The molecule has 0 atom stereocenters. The molecular formula is C21H22N2O4S. The van der Waals surface area contributed by atoms with Gasteiger partial charge in [0, 0.05) is 23.5 Å². The monoisotopic (exact) mass is 398 g/mol. The molecule has 1 N–H and O–H groups in total. The van der Waals surface area contributed by atoms with Crippen LogP contribution in [0.5, 0.6) is 0 Å². The van der Waals surface area contributed by atoms with Crippen molar-refractivity contribution in [2.45, 2.75) is 24.7 Å². The van der Waals surface area contributed by atoms with Gasteiger partial charge in [0.1, 0.15) is 0 Å². The Morgan fingerprint density at radius 1 is 1.14 bits per heavy atom. The summed E-state index contributed by atoms with van der Waals surface area (Å²) in [4.78, 5) is 39.0. The highest BCUT2D eigenvalue weighted by atomic mass is 32.2. The summed E-state index contributed by atoms with van der Waals surface area (Å²) in [5, 5.41) is 2.80. The van der Waals surface area contributed by atoms with Crippen molar-refractivity contribution in [1.29, 1.82) is 0 Å². The van der Waals surface area contributed by atoms with Crippen LogP contribution < -0.4 is 10.2 Å². The summed E-state index contributed by atoms with van der Waals surface area (Å²) in [7, 11) is 0. The van der Waals surface area contributed by atoms with Crippen LogP contribution in [0.1, 0.15) is 30.1 Å². The third kappa shape index (κ3) is 4.92. The summed E-state index contributed by atoms with van der Waals surface area (Å²) < 4.78 is 5.08. The molecule has 1 heterocycles. The van der Waals surface area contributed by atoms with Crippen molar-refractivity contribution in [2.24, 2.45) is 0 Å². The maximum Gasteiger partial charge on any atom is 0.338 e. The molecule has 1 aliphatic heterocycles. The lowest BCUT2D eigenvalue weighted by atomic mass is 10.2. The minimum absolute atomic E-state index is 0.00597. The first kappa shape index (κ1) is 19.9. The van der Waals surface area contributed by atoms with Crippen molar-refractivity contribution in [3.63, 3.8) is 0 Å². The Kier molecular flexibility index (Phi) is 6.71. The van der Waals surface area contributed by atoms with Gasteiger partial charge in [-0.3, -0.25) is 9.59 Å². The molecule has 1 aliphatic rings. The van der Waals surface area contributed by atoms with Crippen molar-refractivity contribution >= 4 is 40.9 Å². The van der Waals surface area contributed by atoms with Gasteiger partial charge in [-0.15, -0.1) is 11.8 Å². The summed E-state index contributed by atoms with van der Waals surface area (Å²) >= 11 is 1.52. The summed E-state index contributed by atoms with van der Waals surface area (Å²) in [5.74, 6) is -0.176. The number of nitrogens with one attached hydrogen (secondary N) is 1. The van der Waals surface area contributed by atoms with E-state index in [9.17, 15) is 14.4 Å². The first-order valence-corrected chi connectivity index (χ1v) is 10.2. The minimum Gasteiger partial charge on any atom is -0.462 e. The number of hydrogen-bond acceptors (Lipinski definition) is 5. The smallest absolute Gasteiger partial charge is 0.338 e. The molecule has 0 radical (unpaired) electrons. The van der Waals surface area contributed by atoms with Crippen LogP contribution in [0.3, 0.4) is 0 Å². The normalized spacial score (nSPS) is 13.0. The third-order valence-corrected chi connectivity index (χ3v) is 5.26. The molecule has 0 aliphatic carbocycles. The van der Waals surface area contributed by atoms with Gasteiger partial charge in [-0.05, 0) is 42.8 Å². The van der Waals surface area contributed by atoms with E-state index in [2.05, 4.69) is 5.32 Å². The Balaban J connectivity index is 1.55. The van der Waals surface area contributed by atoms with Crippen molar-refractivity contribution in [2.75, 3.05) is 29.1 Å². The summed E-state index contributed by atoms with van der Waals surface area (Å²) in [5.41, 5.74) is 1.89. The number of hydrogen-bond donors (Lipinski definition) is 1. The van der Waals surface area contributed by atoms with Crippen molar-refractivity contribution < 1.29 is 19.1 Å². The van der Waals surface area contributed by atoms with Crippen LogP contribution >= 0.6 is 11.8 Å². The van der Waals surface area contributed by atoms with E-state index in [1.54, 1.807) is 29.2 Å². The Morgan fingerprint density at radius 3 is 2.64 bits per heavy atom. The average molecular weight is 398 g/mol. The highest BCUT2D eigenvalue weighted by molar-refractivity contribution is 8.00. The van der Waals surface area contributed by atoms with Gasteiger partial charge in [0.15, 0.2) is 0 Å². The van der Waals surface area contributed by atoms with E-state index in [1.807, 2.05) is 31.2 Å². The lowest BCUT2D eigenvalue weighted by molar-refractivity contribution is -0.117. The van der Waals surface area contributed by atoms with Crippen LogP contribution in [0.15, 0.2) is 53.4 Å². The maximum atomic E-state index is 12.3. The Hall–Kier alpha value is -2.80. The van der Waals surface area contributed by atoms with Crippen LogP contribution in [0.4, 0.5) is 11.4 Å². The SMILES string of the molecule is CCCOC(=O)c1ccc(NC(=O)CCN2C(=O)CSc3ccccc32)cc1. The number of anilines is 2. The van der Waals surface area contributed by atoms with Crippen molar-refractivity contribution in [1.82, 2.24) is 0 Å². The number of carbonyl (C=O) groups is 3. The number of thioether (sulfide) groups is 1. The van der Waals surface area contributed by atoms with Gasteiger partial charge in [-0.2, -0.15) is 0 Å². The van der Waals surface area contributed by atoms with Crippen LogP contribution in [0.2, 0.25) is 0 Å². The molecule has 2 amide bonds. The molecule has 0 bridgehead atoms. The fourth-order valence-corrected chi connectivity index (χ4v) is 3.74. The lowest BCUT2D eigenvalue weighted by Crippen LogP contribution is -2.37. The van der Waals surface area contributed by atoms with Gasteiger partial charge in [0.25, 0.3) is 0 Å². The molecule has 0 unspecified atom stereocenters. The third-order valence-electron chi connectivity index (χ3n) is 4.21. The second-order valence-corrected chi connectivity index (χ2v) is 7.33. The molecule has 7 heteroatoms. The van der Waals surface area contributed by atoms with Crippen molar-refractivity contribution in [3.8, 4) is 0 Å². The van der Waals surface area contributed by atoms with E-state index < -0.39 is 0 Å². The Bertz CT molecular complexity index is 867. The molecule has 0 aromatic heterocycles. The van der Waals surface area contributed by atoms with Gasteiger partial charge in [-0.25, -0.2) is 4.79 Å². The molecule has 6 nitrogen and oxygen atoms in total. The number of esters is 1. The standard InChI is InChI=1S/C21H22N2O4S/c1-2-13-27-21(26)15-7-9-16(10-8-15)22-19(24)11-12-23-17-5-3-4-6-18(17)28-14-20(23)25/h3-10H,2,11-14H2,1H3,(H,22,24). The number of ether oxygens (including phenoxy) is 1. The quantitative estimate of drug-likeness (QED) is 0.720. The van der Waals surface area contributed by atoms with Crippen LogP contribution in [-0.4, -0.2) is 36.7 Å². The Labute approximate surface area is 168 Å². The van der Waals surface area contributed by atoms with Gasteiger partial charge in [-0.1, -0.05) is 19.1 Å². The van der Waals surface area contributed by atoms with Crippen LogP contribution in [0, 0.1) is 0 Å². The Morgan fingerprint density at radius 2 is 1.89 bits per heavy atom. The van der Waals surface area contributed by atoms with Crippen LogP contribution in [-0.2, 0) is 14.3 Å². The molecule has 3 rings (SSSR count). The predicted molar refractivity (Wildman–Crippen MR) is 110 cm³/mol. The second-order valence-electron chi connectivity index (χ2n) is 6.31. The first-order chi connectivity index (χ1) is 13.6. The van der Waals surface area contributed by atoms with Gasteiger partial charge >= 0.3 is 5.97 Å². The van der Waals surface area contributed by atoms with E-state index in [0.29, 0.717) is 30.2 Å². The van der Waals surface area contributed by atoms with Gasteiger partial charge in [0.2, 0.25) is 11.8 Å². The molecule has 0 fully saturated rings. The summed E-state index contributed by atoms with van der Waals surface area (Å²) in [6, 6.07) is 14.3. The average Bonchev–Trinajstić information content (AvgIpc) is 2.71. The summed E-state index contributed by atoms with van der Waals surface area (Å²) in [6.07, 6.45) is 0.952. The molecule has 0 spiro atoms. The molecular weight excluding hydrogens is 376 g/mol. The van der Waals surface area contributed by atoms with Gasteiger partial charge in [0.05, 0.1) is 23.6 Å². The van der Waals surface area contributed by atoms with E-state index in [4.69, 9.17) is 4.74 Å². The maximum absolute atomic E-state index is 12.3. The fraction of sp³-hybridized carbons (Fsp3) is 0.286. The predicted octanol–water partition coefficient (Wildman–Crippen LogP) is 3.72. The molecule has 2 aromatic carbocycles. The molecule has 0 saturated heterocycles. The van der Waals surface area contributed by atoms with E-state index in [-0.39, 0.29) is 24.2 Å². The van der Waals surface area contributed by atoms with Crippen molar-refractivity contribution in [3.05, 3.63) is 54.1 Å². The molecule has 146 valence electrons. The number of amides is 2. The largest absolute Gasteiger partial charge is 0.462 e. The first-order valence-electron chi connectivity index (χ1n) is 9.17. The molecule has 0 saturated carbocycles. The molecule has 2 aromatic rings. The zero-order valence-electron chi connectivity index (χ0n) is 15.6. The van der Waals surface area contributed by atoms with E-state index >= 15 is 0 Å². The lowest BCUT2D eigenvalue weighted by Gasteiger charge is -2.28. The topological polar surface area (TPSA) is 75.7 Å². The molecule has 28 heavy (non-hydrogen) atoms. The van der Waals surface area contributed by atoms with E-state index in [0.717, 1.165) is 17.0 Å². The minimum atomic E-state index is -0.375. The number of rotatable bonds is 7. The highest BCUT2D eigenvalue weighted by Gasteiger charge is 2.24. The summed E-state index contributed by atoms with van der Waals surface area (Å²) in [6.45, 7) is 2.64. The fourth-order valence-electron chi connectivity index (χ4n) is 2.80. The zero-order chi connectivity index (χ0) is 19.9. The van der Waals surface area contributed by atoms with Crippen LogP contribution in [0.25, 0.3) is 0 Å². The highest BCUT2D eigenvalue weighted by Crippen LogP contribution is 2.34. The van der Waals surface area contributed by atoms with Gasteiger partial charge < -0.3 is 15.0 Å². The number of benzene rings is 2. The number of nitrogens with zero attached hydrogens (tertiary/aromatic N) is 1. The zero-order valence-corrected chi connectivity index (χ0v) is 16.5. The number of para-hydroxylation sites is 1. The number of carbonyl (C=O) groups excluding carboxylic acids is 3. The second kappa shape index (κ2) is 9.41.